The zero-order valence-corrected chi connectivity index (χ0v) is 22.2. The number of allylic oxidation sites excluding steroid dienone is 2. The highest BCUT2D eigenvalue weighted by atomic mass is 35.5. The number of hydrogen-bond donors (Lipinski definition) is 1. The molecule has 6 rings (SSSR count). The second kappa shape index (κ2) is 9.52. The van der Waals surface area contributed by atoms with Gasteiger partial charge in [0.15, 0.2) is 0 Å². The number of anilines is 1. The molecule has 7 heteroatoms. The summed E-state index contributed by atoms with van der Waals surface area (Å²) in [4.78, 5) is 30.3. The summed E-state index contributed by atoms with van der Waals surface area (Å²) >= 11 is 6.50. The number of carbonyl (C=O) groups excluding carboxylic acids is 2. The fourth-order valence-electron chi connectivity index (χ4n) is 6.75. The number of esters is 1. The molecule has 39 heavy (non-hydrogen) atoms. The van der Waals surface area contributed by atoms with Crippen LogP contribution in [0.5, 0.6) is 0 Å². The normalized spacial score (nSPS) is 23.3. The Hall–Kier alpha value is -4.21. The van der Waals surface area contributed by atoms with Crippen molar-refractivity contribution < 1.29 is 14.3 Å². The average molecular weight is 536 g/mol. The van der Waals surface area contributed by atoms with Crippen LogP contribution in [0.1, 0.15) is 35.6 Å². The van der Waals surface area contributed by atoms with Crippen molar-refractivity contribution in [3.05, 3.63) is 106 Å². The van der Waals surface area contributed by atoms with Gasteiger partial charge < -0.3 is 15.0 Å². The van der Waals surface area contributed by atoms with E-state index in [1.807, 2.05) is 54.6 Å². The number of halogens is 1. The van der Waals surface area contributed by atoms with Gasteiger partial charge in [0, 0.05) is 16.6 Å². The number of amides is 1. The molecule has 0 bridgehead atoms. The number of nitriles is 1. The summed E-state index contributed by atoms with van der Waals surface area (Å²) in [5, 5.41) is 20.4. The molecule has 1 spiro atoms. The summed E-state index contributed by atoms with van der Waals surface area (Å²) in [6.07, 6.45) is 1.24. The molecule has 3 aliphatic rings. The Morgan fingerprint density at radius 3 is 2.64 bits per heavy atom. The summed E-state index contributed by atoms with van der Waals surface area (Å²) in [6, 6.07) is 24.8. The number of hydrogen-bond acceptors (Lipinski definition) is 5. The number of benzene rings is 3. The average Bonchev–Trinajstić information content (AvgIpc) is 3.17. The van der Waals surface area contributed by atoms with E-state index >= 15 is 0 Å². The number of nitrogens with zero attached hydrogens (tertiary/aromatic N) is 2. The first-order valence-corrected chi connectivity index (χ1v) is 13.5. The first kappa shape index (κ1) is 25.1. The van der Waals surface area contributed by atoms with Crippen LogP contribution in [0, 0.1) is 28.6 Å². The maximum Gasteiger partial charge on any atom is 0.311 e. The number of fused-ring (bicyclic) bond motifs is 5. The summed E-state index contributed by atoms with van der Waals surface area (Å²) in [6.45, 7) is 2.12. The van der Waals surface area contributed by atoms with E-state index in [1.54, 1.807) is 30.0 Å². The third-order valence-corrected chi connectivity index (χ3v) is 8.51. The summed E-state index contributed by atoms with van der Waals surface area (Å²) in [5.41, 5.74) is 2.80. The van der Waals surface area contributed by atoms with E-state index in [1.165, 1.54) is 0 Å². The lowest BCUT2D eigenvalue weighted by atomic mass is 9.53. The van der Waals surface area contributed by atoms with Crippen molar-refractivity contribution in [1.82, 2.24) is 0 Å². The van der Waals surface area contributed by atoms with Crippen LogP contribution in [-0.4, -0.2) is 24.2 Å². The highest BCUT2D eigenvalue weighted by Crippen LogP contribution is 2.59. The van der Waals surface area contributed by atoms with Gasteiger partial charge in [-0.1, -0.05) is 66.2 Å². The van der Waals surface area contributed by atoms with Gasteiger partial charge in [0.2, 0.25) is 5.91 Å². The third-order valence-electron chi connectivity index (χ3n) is 8.28. The summed E-state index contributed by atoms with van der Waals surface area (Å²) in [5.74, 6) is -2.44. The number of carbonyl (C=O) groups is 2. The zero-order valence-electron chi connectivity index (χ0n) is 21.4. The van der Waals surface area contributed by atoms with Crippen LogP contribution in [-0.2, 0) is 32.7 Å². The molecule has 6 nitrogen and oxygen atoms in total. The van der Waals surface area contributed by atoms with Gasteiger partial charge in [0.25, 0.3) is 0 Å². The minimum absolute atomic E-state index is 0.135. The first-order chi connectivity index (χ1) is 18.9. The summed E-state index contributed by atoms with van der Waals surface area (Å²) in [7, 11) is 0. The molecule has 1 amide bonds. The van der Waals surface area contributed by atoms with Crippen LogP contribution >= 0.6 is 11.6 Å². The second-order valence-electron chi connectivity index (χ2n) is 10.2. The quantitative estimate of drug-likeness (QED) is 0.422. The molecule has 3 aromatic rings. The molecule has 3 aromatic carbocycles. The first-order valence-electron chi connectivity index (χ1n) is 13.1. The zero-order chi connectivity index (χ0) is 27.3. The number of aryl methyl sites for hydroxylation is 1. The van der Waals surface area contributed by atoms with Crippen LogP contribution in [0.15, 0.2) is 78.4 Å². The highest BCUT2D eigenvalue weighted by molar-refractivity contribution is 6.34. The predicted octanol–water partition coefficient (Wildman–Crippen LogP) is 5.88. The van der Waals surface area contributed by atoms with E-state index < -0.39 is 29.1 Å². The smallest absolute Gasteiger partial charge is 0.311 e. The Labute approximate surface area is 232 Å². The van der Waals surface area contributed by atoms with Crippen molar-refractivity contribution in [1.29, 1.82) is 10.7 Å². The Morgan fingerprint density at radius 2 is 1.90 bits per heavy atom. The van der Waals surface area contributed by atoms with E-state index in [4.69, 9.17) is 16.3 Å². The number of rotatable bonds is 4. The molecular weight excluding hydrogens is 510 g/mol. The minimum Gasteiger partial charge on any atom is -0.466 e. The third kappa shape index (κ3) is 3.57. The maximum atomic E-state index is 14.8. The lowest BCUT2D eigenvalue weighted by Gasteiger charge is -2.46. The molecule has 1 heterocycles. The van der Waals surface area contributed by atoms with Crippen molar-refractivity contribution >= 4 is 40.4 Å². The van der Waals surface area contributed by atoms with Gasteiger partial charge >= 0.3 is 5.97 Å². The highest BCUT2D eigenvalue weighted by Gasteiger charge is 2.66. The maximum absolute atomic E-state index is 14.8. The van der Waals surface area contributed by atoms with Crippen molar-refractivity contribution in [3.8, 4) is 6.07 Å². The SMILES string of the molecule is CCOC(=O)[C@H]1[C@@H]2CCc3ccccc3C2=C(C#N)C(=N)[C@]12C(=O)N(Cc1ccccc1)c1ccc(Cl)cc12. The van der Waals surface area contributed by atoms with E-state index in [0.717, 1.165) is 16.7 Å². The monoisotopic (exact) mass is 535 g/mol. The van der Waals surface area contributed by atoms with Gasteiger partial charge in [0.1, 0.15) is 11.5 Å². The molecule has 2 aliphatic carbocycles. The predicted molar refractivity (Wildman–Crippen MR) is 149 cm³/mol. The summed E-state index contributed by atoms with van der Waals surface area (Å²) < 4.78 is 5.62. The van der Waals surface area contributed by atoms with Crippen molar-refractivity contribution in [2.45, 2.75) is 31.7 Å². The lowest BCUT2D eigenvalue weighted by Crippen LogP contribution is -2.59. The van der Waals surface area contributed by atoms with Gasteiger partial charge in [-0.25, -0.2) is 0 Å². The lowest BCUT2D eigenvalue weighted by molar-refractivity contribution is -0.153. The van der Waals surface area contributed by atoms with Gasteiger partial charge in [-0.15, -0.1) is 0 Å². The van der Waals surface area contributed by atoms with Gasteiger partial charge in [-0.2, -0.15) is 5.26 Å². The molecule has 3 atom stereocenters. The molecule has 1 N–H and O–H groups in total. The Bertz CT molecular complexity index is 1610. The van der Waals surface area contributed by atoms with Crippen LogP contribution in [0.3, 0.4) is 0 Å². The number of nitrogens with one attached hydrogen (secondary N) is 1. The fraction of sp³-hybridized carbons (Fsp3) is 0.250. The van der Waals surface area contributed by atoms with E-state index in [0.29, 0.717) is 34.7 Å². The van der Waals surface area contributed by atoms with E-state index in [2.05, 4.69) is 6.07 Å². The topological polar surface area (TPSA) is 94.2 Å². The number of ether oxygens (including phenoxy) is 1. The van der Waals surface area contributed by atoms with E-state index in [9.17, 15) is 20.3 Å². The molecule has 0 radical (unpaired) electrons. The van der Waals surface area contributed by atoms with Crippen molar-refractivity contribution in [2.75, 3.05) is 11.5 Å². The standard InChI is InChI=1S/C32H26ClN3O3/c1-2-39-30(37)28-23-14-12-20-10-6-7-11-22(20)27(23)24(17-34)29(35)32(28)25-16-21(33)13-15-26(25)36(31(32)38)18-19-8-4-3-5-9-19/h3-11,13,15-16,23,28,35H,2,12,14,18H2,1H3/t23-,28-,32-/m1/s1. The molecule has 0 fully saturated rings. The van der Waals surface area contributed by atoms with Crippen LogP contribution in [0.25, 0.3) is 5.57 Å². The molecule has 0 saturated carbocycles. The molecule has 194 valence electrons. The Balaban J connectivity index is 1.64. The van der Waals surface area contributed by atoms with Crippen LogP contribution in [0.4, 0.5) is 5.69 Å². The van der Waals surface area contributed by atoms with Crippen LogP contribution < -0.4 is 4.90 Å². The van der Waals surface area contributed by atoms with Gasteiger partial charge in [-0.3, -0.25) is 9.59 Å². The molecular formula is C32H26ClN3O3. The second-order valence-corrected chi connectivity index (χ2v) is 10.6. The van der Waals surface area contributed by atoms with E-state index in [-0.39, 0.29) is 24.4 Å². The largest absolute Gasteiger partial charge is 0.466 e. The molecule has 0 unspecified atom stereocenters. The van der Waals surface area contributed by atoms with Crippen molar-refractivity contribution in [3.63, 3.8) is 0 Å². The fourth-order valence-corrected chi connectivity index (χ4v) is 6.92. The molecule has 0 aromatic heterocycles. The van der Waals surface area contributed by atoms with Crippen molar-refractivity contribution in [2.24, 2.45) is 11.8 Å². The minimum atomic E-state index is -1.73. The molecule has 0 saturated heterocycles. The molecule has 1 aliphatic heterocycles. The Morgan fingerprint density at radius 1 is 1.15 bits per heavy atom. The van der Waals surface area contributed by atoms with Gasteiger partial charge in [-0.05, 0) is 65.8 Å². The van der Waals surface area contributed by atoms with Crippen LogP contribution in [0.2, 0.25) is 5.02 Å². The Kier molecular flexibility index (Phi) is 6.12. The van der Waals surface area contributed by atoms with Gasteiger partial charge in [0.05, 0.1) is 30.4 Å².